The van der Waals surface area contributed by atoms with Gasteiger partial charge in [-0.2, -0.15) is 0 Å². The fourth-order valence-corrected chi connectivity index (χ4v) is 3.37. The van der Waals surface area contributed by atoms with E-state index in [4.69, 9.17) is 5.73 Å². The second kappa shape index (κ2) is 5.01. The summed E-state index contributed by atoms with van der Waals surface area (Å²) in [7, 11) is 0. The van der Waals surface area contributed by atoms with E-state index < -0.39 is 0 Å². The van der Waals surface area contributed by atoms with Crippen LogP contribution in [0.1, 0.15) is 44.6 Å². The van der Waals surface area contributed by atoms with Gasteiger partial charge in [0.1, 0.15) is 0 Å². The SMILES string of the molecule is CC(CCN)C1(c2ccccc2)CCCC1. The topological polar surface area (TPSA) is 26.0 Å². The van der Waals surface area contributed by atoms with Crippen LogP contribution in [0.15, 0.2) is 30.3 Å². The molecular formula is C15H23N. The monoisotopic (exact) mass is 217 g/mol. The lowest BCUT2D eigenvalue weighted by Gasteiger charge is -2.36. The smallest absolute Gasteiger partial charge is 0.00209 e. The average molecular weight is 217 g/mol. The number of hydrogen-bond acceptors (Lipinski definition) is 1. The quantitative estimate of drug-likeness (QED) is 0.821. The highest BCUT2D eigenvalue weighted by molar-refractivity contribution is 5.27. The van der Waals surface area contributed by atoms with Crippen molar-refractivity contribution in [1.82, 2.24) is 0 Å². The Kier molecular flexibility index (Phi) is 3.65. The van der Waals surface area contributed by atoms with Crippen molar-refractivity contribution in [1.29, 1.82) is 0 Å². The number of nitrogens with two attached hydrogens (primary N) is 1. The molecule has 0 aliphatic heterocycles. The van der Waals surface area contributed by atoms with Crippen molar-refractivity contribution in [3.8, 4) is 0 Å². The largest absolute Gasteiger partial charge is 0.330 e. The lowest BCUT2D eigenvalue weighted by molar-refractivity contribution is 0.280. The maximum Gasteiger partial charge on any atom is -0.00209 e. The zero-order valence-corrected chi connectivity index (χ0v) is 10.3. The maximum absolute atomic E-state index is 5.73. The normalized spacial score (nSPS) is 20.9. The molecule has 88 valence electrons. The Balaban J connectivity index is 2.28. The molecule has 1 aliphatic rings. The molecule has 1 fully saturated rings. The Bertz CT molecular complexity index is 311. The summed E-state index contributed by atoms with van der Waals surface area (Å²) in [5.74, 6) is 0.711. The minimum Gasteiger partial charge on any atom is -0.330 e. The summed E-state index contributed by atoms with van der Waals surface area (Å²) in [4.78, 5) is 0. The Morgan fingerprint density at radius 3 is 2.38 bits per heavy atom. The molecule has 0 spiro atoms. The van der Waals surface area contributed by atoms with E-state index in [1.165, 1.54) is 31.2 Å². The van der Waals surface area contributed by atoms with Crippen LogP contribution in [0.3, 0.4) is 0 Å². The zero-order valence-electron chi connectivity index (χ0n) is 10.3. The van der Waals surface area contributed by atoms with Gasteiger partial charge in [-0.25, -0.2) is 0 Å². The predicted octanol–water partition coefficient (Wildman–Crippen LogP) is 3.48. The molecule has 1 saturated carbocycles. The summed E-state index contributed by atoms with van der Waals surface area (Å²) in [6.07, 6.45) is 6.60. The van der Waals surface area contributed by atoms with Gasteiger partial charge in [0, 0.05) is 0 Å². The van der Waals surface area contributed by atoms with Crippen molar-refractivity contribution in [3.63, 3.8) is 0 Å². The molecule has 1 heteroatoms. The van der Waals surface area contributed by atoms with Crippen LogP contribution in [0.2, 0.25) is 0 Å². The van der Waals surface area contributed by atoms with Gasteiger partial charge in [-0.3, -0.25) is 0 Å². The van der Waals surface area contributed by atoms with E-state index in [0.717, 1.165) is 13.0 Å². The van der Waals surface area contributed by atoms with Crippen LogP contribution in [0, 0.1) is 5.92 Å². The molecule has 0 saturated heterocycles. The van der Waals surface area contributed by atoms with Crippen LogP contribution in [0.5, 0.6) is 0 Å². The van der Waals surface area contributed by atoms with Crippen molar-refractivity contribution in [2.45, 2.75) is 44.4 Å². The van der Waals surface area contributed by atoms with E-state index in [0.29, 0.717) is 11.3 Å². The molecule has 0 radical (unpaired) electrons. The molecule has 0 amide bonds. The first-order chi connectivity index (χ1) is 7.79. The van der Waals surface area contributed by atoms with E-state index in [2.05, 4.69) is 37.3 Å². The molecular weight excluding hydrogens is 194 g/mol. The third-order valence-electron chi connectivity index (χ3n) is 4.39. The molecule has 0 aromatic heterocycles. The Labute approximate surface area is 99.0 Å². The van der Waals surface area contributed by atoms with Crippen LogP contribution in [-0.2, 0) is 5.41 Å². The van der Waals surface area contributed by atoms with E-state index in [-0.39, 0.29) is 0 Å². The van der Waals surface area contributed by atoms with Crippen LogP contribution >= 0.6 is 0 Å². The van der Waals surface area contributed by atoms with Gasteiger partial charge < -0.3 is 5.73 Å². The van der Waals surface area contributed by atoms with Crippen LogP contribution in [0.25, 0.3) is 0 Å². The zero-order chi connectivity index (χ0) is 11.4. The Morgan fingerprint density at radius 1 is 1.19 bits per heavy atom. The third-order valence-corrected chi connectivity index (χ3v) is 4.39. The first kappa shape index (κ1) is 11.7. The van der Waals surface area contributed by atoms with E-state index in [1.54, 1.807) is 0 Å². The molecule has 2 rings (SSSR count). The second-order valence-electron chi connectivity index (χ2n) is 5.21. The number of benzene rings is 1. The van der Waals surface area contributed by atoms with Crippen LogP contribution in [-0.4, -0.2) is 6.54 Å². The second-order valence-corrected chi connectivity index (χ2v) is 5.21. The van der Waals surface area contributed by atoms with Crippen molar-refractivity contribution < 1.29 is 0 Å². The summed E-state index contributed by atoms with van der Waals surface area (Å²) in [6, 6.07) is 11.1. The standard InChI is InChI=1S/C15H23N/c1-13(9-12-16)15(10-5-6-11-15)14-7-3-2-4-8-14/h2-4,7-8,13H,5-6,9-12,16H2,1H3. The highest BCUT2D eigenvalue weighted by Gasteiger charge is 2.39. The van der Waals surface area contributed by atoms with Crippen molar-refractivity contribution >= 4 is 0 Å². The highest BCUT2D eigenvalue weighted by atomic mass is 14.5. The molecule has 2 N–H and O–H groups in total. The van der Waals surface area contributed by atoms with Gasteiger partial charge in [-0.1, -0.05) is 50.1 Å². The first-order valence-corrected chi connectivity index (χ1v) is 6.55. The molecule has 1 aromatic carbocycles. The number of hydrogen-bond donors (Lipinski definition) is 1. The van der Waals surface area contributed by atoms with Gasteiger partial charge >= 0.3 is 0 Å². The number of rotatable bonds is 4. The Morgan fingerprint density at radius 2 is 1.81 bits per heavy atom. The van der Waals surface area contributed by atoms with Gasteiger partial charge in [0.25, 0.3) is 0 Å². The lowest BCUT2D eigenvalue weighted by Crippen LogP contribution is -2.32. The van der Waals surface area contributed by atoms with Crippen molar-refractivity contribution in [2.75, 3.05) is 6.54 Å². The van der Waals surface area contributed by atoms with Gasteiger partial charge in [-0.15, -0.1) is 0 Å². The molecule has 0 bridgehead atoms. The fraction of sp³-hybridized carbons (Fsp3) is 0.600. The molecule has 0 heterocycles. The van der Waals surface area contributed by atoms with Gasteiger partial charge in [0.05, 0.1) is 0 Å². The molecule has 1 nitrogen and oxygen atoms in total. The molecule has 16 heavy (non-hydrogen) atoms. The van der Waals surface area contributed by atoms with Gasteiger partial charge in [0.2, 0.25) is 0 Å². The summed E-state index contributed by atoms with van der Waals surface area (Å²) in [6.45, 7) is 3.20. The summed E-state index contributed by atoms with van der Waals surface area (Å²) >= 11 is 0. The third kappa shape index (κ3) is 2.01. The lowest BCUT2D eigenvalue weighted by atomic mass is 9.68. The van der Waals surface area contributed by atoms with Crippen molar-refractivity contribution in [2.24, 2.45) is 11.7 Å². The predicted molar refractivity (Wildman–Crippen MR) is 69.4 cm³/mol. The van der Waals surface area contributed by atoms with Gasteiger partial charge in [-0.05, 0) is 42.7 Å². The first-order valence-electron chi connectivity index (χ1n) is 6.55. The molecule has 1 aliphatic carbocycles. The summed E-state index contributed by atoms with van der Waals surface area (Å²) < 4.78 is 0. The Hall–Kier alpha value is -0.820. The van der Waals surface area contributed by atoms with E-state index in [9.17, 15) is 0 Å². The van der Waals surface area contributed by atoms with E-state index in [1.807, 2.05) is 0 Å². The van der Waals surface area contributed by atoms with Gasteiger partial charge in [0.15, 0.2) is 0 Å². The van der Waals surface area contributed by atoms with Crippen molar-refractivity contribution in [3.05, 3.63) is 35.9 Å². The summed E-state index contributed by atoms with van der Waals surface area (Å²) in [5, 5.41) is 0. The summed E-state index contributed by atoms with van der Waals surface area (Å²) in [5.41, 5.74) is 7.69. The molecule has 1 aromatic rings. The molecule has 1 unspecified atom stereocenters. The molecule has 1 atom stereocenters. The minimum atomic E-state index is 0.417. The van der Waals surface area contributed by atoms with Crippen LogP contribution < -0.4 is 5.73 Å². The minimum absolute atomic E-state index is 0.417. The highest BCUT2D eigenvalue weighted by Crippen LogP contribution is 2.47. The fourth-order valence-electron chi connectivity index (χ4n) is 3.37. The van der Waals surface area contributed by atoms with E-state index >= 15 is 0 Å². The van der Waals surface area contributed by atoms with Crippen LogP contribution in [0.4, 0.5) is 0 Å². The average Bonchev–Trinajstić information content (AvgIpc) is 2.81. The maximum atomic E-state index is 5.73.